The van der Waals surface area contributed by atoms with Crippen LogP contribution in [0.5, 0.6) is 0 Å². The van der Waals surface area contributed by atoms with Gasteiger partial charge in [0.25, 0.3) is 0 Å². The zero-order chi connectivity index (χ0) is 22.5. The van der Waals surface area contributed by atoms with Crippen molar-refractivity contribution in [2.75, 3.05) is 0 Å². The Kier molecular flexibility index (Phi) is 7.69. The Morgan fingerprint density at radius 3 is 2.55 bits per heavy atom. The third-order valence-corrected chi connectivity index (χ3v) is 7.14. The smallest absolute Gasteiger partial charge is 0.212 e. The van der Waals surface area contributed by atoms with Crippen LogP contribution in [-0.2, 0) is 33.3 Å². The Hall–Kier alpha value is -2.00. The fourth-order valence-corrected chi connectivity index (χ4v) is 4.44. The first-order chi connectivity index (χ1) is 14.8. The second-order valence-electron chi connectivity index (χ2n) is 8.89. The second kappa shape index (κ2) is 10.1. The van der Waals surface area contributed by atoms with Crippen molar-refractivity contribution in [3.05, 3.63) is 65.2 Å². The van der Waals surface area contributed by atoms with Gasteiger partial charge in [-0.05, 0) is 74.9 Å². The summed E-state index contributed by atoms with van der Waals surface area (Å²) in [6.07, 6.45) is 8.18. The van der Waals surface area contributed by atoms with E-state index in [0.29, 0.717) is 24.3 Å². The summed E-state index contributed by atoms with van der Waals surface area (Å²) in [4.78, 5) is 13.5. The summed E-state index contributed by atoms with van der Waals surface area (Å²) in [5.74, 6) is 0.232. The summed E-state index contributed by atoms with van der Waals surface area (Å²) in [6.45, 7) is 5.62. The van der Waals surface area contributed by atoms with E-state index < -0.39 is 27.5 Å². The maximum atomic E-state index is 14.5. The summed E-state index contributed by atoms with van der Waals surface area (Å²) in [6, 6.07) is 8.68. The molecule has 1 fully saturated rings. The summed E-state index contributed by atoms with van der Waals surface area (Å²) < 4.78 is 30.7. The van der Waals surface area contributed by atoms with Crippen molar-refractivity contribution in [2.45, 2.75) is 63.3 Å². The van der Waals surface area contributed by atoms with Gasteiger partial charge < -0.3 is 9.44 Å². The molecule has 2 atom stereocenters. The standard InChI is InChI=1S/C23H30FN3O3S/c1-22(2,3)31(28)27-23(11-8-17-4-5-17,19-9-12-26-13-10-19)20-6-7-21(24)18(14-20)15-29-30-16-25/h6-7,9-10,12-14,16-17,25,27H,4-5,8,11,15H2,1-3H3/t23?,31-/m1/s1. The number of nitrogens with zero attached hydrogens (tertiary/aromatic N) is 1. The van der Waals surface area contributed by atoms with Crippen LogP contribution in [0.25, 0.3) is 0 Å². The molecule has 168 valence electrons. The highest BCUT2D eigenvalue weighted by atomic mass is 32.2. The number of rotatable bonds is 11. The van der Waals surface area contributed by atoms with Gasteiger partial charge in [-0.2, -0.15) is 4.89 Å². The highest BCUT2D eigenvalue weighted by Crippen LogP contribution is 2.42. The third kappa shape index (κ3) is 6.04. The first kappa shape index (κ1) is 23.7. The number of hydrogen-bond donors (Lipinski definition) is 2. The third-order valence-electron chi connectivity index (χ3n) is 5.49. The van der Waals surface area contributed by atoms with Crippen molar-refractivity contribution in [1.82, 2.24) is 9.71 Å². The fraction of sp³-hybridized carbons (Fsp3) is 0.478. The van der Waals surface area contributed by atoms with E-state index in [2.05, 4.69) is 14.6 Å². The first-order valence-electron chi connectivity index (χ1n) is 10.4. The molecule has 31 heavy (non-hydrogen) atoms. The molecule has 0 radical (unpaired) electrons. The van der Waals surface area contributed by atoms with Crippen molar-refractivity contribution in [2.24, 2.45) is 5.92 Å². The lowest BCUT2D eigenvalue weighted by Crippen LogP contribution is -2.52. The molecule has 6 nitrogen and oxygen atoms in total. The molecule has 2 aromatic rings. The minimum absolute atomic E-state index is 0.146. The first-order valence-corrected chi connectivity index (χ1v) is 11.6. The lowest BCUT2D eigenvalue weighted by Gasteiger charge is -2.39. The van der Waals surface area contributed by atoms with Crippen LogP contribution in [0.3, 0.4) is 0 Å². The largest absolute Gasteiger partial charge is 0.598 e. The van der Waals surface area contributed by atoms with Gasteiger partial charge in [0.15, 0.2) is 0 Å². The Morgan fingerprint density at radius 2 is 1.94 bits per heavy atom. The zero-order valence-electron chi connectivity index (χ0n) is 18.2. The minimum atomic E-state index is -1.37. The van der Waals surface area contributed by atoms with Crippen molar-refractivity contribution < 1.29 is 18.7 Å². The normalized spacial score (nSPS) is 17.1. The lowest BCUT2D eigenvalue weighted by atomic mass is 9.79. The molecule has 0 saturated heterocycles. The number of pyridine rings is 1. The quantitative estimate of drug-likeness (QED) is 0.129. The molecule has 2 N–H and O–H groups in total. The van der Waals surface area contributed by atoms with Gasteiger partial charge in [0, 0.05) is 29.3 Å². The molecule has 1 unspecified atom stereocenters. The molecular formula is C23H30FN3O3S. The van der Waals surface area contributed by atoms with Gasteiger partial charge in [-0.25, -0.2) is 4.39 Å². The number of halogens is 1. The van der Waals surface area contributed by atoms with Crippen LogP contribution in [0, 0.1) is 17.1 Å². The van der Waals surface area contributed by atoms with Crippen molar-refractivity contribution in [3.63, 3.8) is 0 Å². The highest BCUT2D eigenvalue weighted by Gasteiger charge is 2.43. The average molecular weight is 448 g/mol. The topological polar surface area (TPSA) is 90.3 Å². The van der Waals surface area contributed by atoms with E-state index in [4.69, 9.17) is 10.3 Å². The molecule has 0 spiro atoms. The average Bonchev–Trinajstić information content (AvgIpc) is 3.57. The van der Waals surface area contributed by atoms with E-state index in [1.165, 1.54) is 18.9 Å². The molecule has 1 aromatic heterocycles. The van der Waals surface area contributed by atoms with E-state index in [0.717, 1.165) is 17.5 Å². The molecule has 1 saturated carbocycles. The summed E-state index contributed by atoms with van der Waals surface area (Å²) >= 11 is -1.37. The van der Waals surface area contributed by atoms with Gasteiger partial charge >= 0.3 is 0 Å². The fourth-order valence-electron chi connectivity index (χ4n) is 3.48. The van der Waals surface area contributed by atoms with E-state index in [1.807, 2.05) is 32.9 Å². The predicted octanol–water partition coefficient (Wildman–Crippen LogP) is 4.76. The van der Waals surface area contributed by atoms with Gasteiger partial charge in [-0.1, -0.05) is 18.9 Å². The molecule has 0 aliphatic heterocycles. The van der Waals surface area contributed by atoms with Crippen LogP contribution in [0.1, 0.15) is 63.1 Å². The van der Waals surface area contributed by atoms with Crippen LogP contribution in [0.15, 0.2) is 42.7 Å². The van der Waals surface area contributed by atoms with E-state index in [1.54, 1.807) is 24.5 Å². The van der Waals surface area contributed by atoms with E-state index in [9.17, 15) is 8.94 Å². The molecule has 1 aromatic carbocycles. The number of aromatic nitrogens is 1. The Morgan fingerprint density at radius 1 is 1.23 bits per heavy atom. The summed E-state index contributed by atoms with van der Waals surface area (Å²) in [5.41, 5.74) is 1.24. The van der Waals surface area contributed by atoms with Gasteiger partial charge in [0.2, 0.25) is 6.40 Å². The molecule has 0 amide bonds. The van der Waals surface area contributed by atoms with E-state index in [-0.39, 0.29) is 6.61 Å². The molecule has 3 rings (SSSR count). The number of hydrogen-bond acceptors (Lipinski definition) is 6. The van der Waals surface area contributed by atoms with Crippen molar-refractivity contribution >= 4 is 17.8 Å². The van der Waals surface area contributed by atoms with Crippen molar-refractivity contribution in [1.29, 1.82) is 5.41 Å². The maximum Gasteiger partial charge on any atom is 0.212 e. The molecular weight excluding hydrogens is 417 g/mol. The minimum Gasteiger partial charge on any atom is -0.598 e. The lowest BCUT2D eigenvalue weighted by molar-refractivity contribution is -0.228. The monoisotopic (exact) mass is 447 g/mol. The van der Waals surface area contributed by atoms with Crippen LogP contribution in [0.4, 0.5) is 4.39 Å². The summed E-state index contributed by atoms with van der Waals surface area (Å²) in [5, 5.41) is 6.90. The predicted molar refractivity (Wildman–Crippen MR) is 119 cm³/mol. The molecule has 0 bridgehead atoms. The Labute approximate surface area is 186 Å². The SMILES string of the molecule is CC(C)(C)[S@@+]([O-])NC(CCC1CC1)(c1ccncc1)c1ccc(F)c(COOC=N)c1. The Balaban J connectivity index is 2.08. The van der Waals surface area contributed by atoms with E-state index >= 15 is 0 Å². The van der Waals surface area contributed by atoms with Gasteiger partial charge in [0.05, 0.1) is 0 Å². The molecule has 1 heterocycles. The number of benzene rings is 1. The maximum absolute atomic E-state index is 14.5. The molecule has 8 heteroatoms. The molecule has 1 aliphatic rings. The Bertz CT molecular complexity index is 874. The zero-order valence-corrected chi connectivity index (χ0v) is 19.0. The second-order valence-corrected chi connectivity index (χ2v) is 10.9. The van der Waals surface area contributed by atoms with Crippen LogP contribution in [-0.4, -0.2) is 20.7 Å². The van der Waals surface area contributed by atoms with Gasteiger partial charge in [-0.3, -0.25) is 10.4 Å². The van der Waals surface area contributed by atoms with Gasteiger partial charge in [0.1, 0.15) is 22.7 Å². The van der Waals surface area contributed by atoms with Crippen LogP contribution in [0.2, 0.25) is 0 Å². The number of nitrogens with one attached hydrogen (secondary N) is 2. The summed E-state index contributed by atoms with van der Waals surface area (Å²) in [7, 11) is 0. The van der Waals surface area contributed by atoms with Crippen molar-refractivity contribution in [3.8, 4) is 0 Å². The van der Waals surface area contributed by atoms with Crippen LogP contribution < -0.4 is 4.72 Å². The van der Waals surface area contributed by atoms with Crippen LogP contribution >= 0.6 is 0 Å². The molecule has 1 aliphatic carbocycles. The van der Waals surface area contributed by atoms with Gasteiger partial charge in [-0.15, -0.1) is 4.72 Å². The highest BCUT2D eigenvalue weighted by molar-refractivity contribution is 7.90.